The number of hydrogen-bond donors (Lipinski definition) is 2. The van der Waals surface area contributed by atoms with E-state index in [4.69, 9.17) is 25.8 Å². The van der Waals surface area contributed by atoms with Gasteiger partial charge in [-0.05, 0) is 50.5 Å². The van der Waals surface area contributed by atoms with Crippen molar-refractivity contribution >= 4 is 23.6 Å². The summed E-state index contributed by atoms with van der Waals surface area (Å²) in [6, 6.07) is 11.8. The van der Waals surface area contributed by atoms with E-state index in [0.29, 0.717) is 46.4 Å². The van der Waals surface area contributed by atoms with Crippen LogP contribution < -0.4 is 20.1 Å². The first-order chi connectivity index (χ1) is 16.5. The number of unbranched alkanes of at least 4 members (excludes halogenated alkanes) is 1. The second-order valence-corrected chi connectivity index (χ2v) is 8.17. The fourth-order valence-corrected chi connectivity index (χ4v) is 3.92. The van der Waals surface area contributed by atoms with Gasteiger partial charge in [-0.15, -0.1) is 0 Å². The molecule has 2 aromatic rings. The molecule has 0 aliphatic carbocycles. The lowest BCUT2D eigenvalue weighted by Gasteiger charge is -2.30. The molecule has 1 heterocycles. The number of ether oxygens (including phenoxy) is 3. The van der Waals surface area contributed by atoms with Gasteiger partial charge in [-0.25, -0.2) is 9.59 Å². The Morgan fingerprint density at radius 2 is 1.82 bits per heavy atom. The van der Waals surface area contributed by atoms with Crippen LogP contribution in [-0.2, 0) is 16.1 Å². The average molecular weight is 487 g/mol. The molecule has 0 spiro atoms. The third-order valence-electron chi connectivity index (χ3n) is 5.37. The molecule has 8 heteroatoms. The van der Waals surface area contributed by atoms with Crippen molar-refractivity contribution in [3.8, 4) is 11.5 Å². The van der Waals surface area contributed by atoms with Gasteiger partial charge in [0.25, 0.3) is 0 Å². The average Bonchev–Trinajstić information content (AvgIpc) is 2.82. The van der Waals surface area contributed by atoms with Gasteiger partial charge in [-0.3, -0.25) is 0 Å². The quantitative estimate of drug-likeness (QED) is 0.399. The van der Waals surface area contributed by atoms with E-state index in [2.05, 4.69) is 17.6 Å². The maximum absolute atomic E-state index is 12.9. The zero-order valence-corrected chi connectivity index (χ0v) is 20.5. The van der Waals surface area contributed by atoms with Crippen LogP contribution in [0.5, 0.6) is 11.5 Å². The van der Waals surface area contributed by atoms with E-state index < -0.39 is 12.0 Å². The molecule has 0 saturated heterocycles. The second kappa shape index (κ2) is 12.3. The third-order valence-corrected chi connectivity index (χ3v) is 5.74. The summed E-state index contributed by atoms with van der Waals surface area (Å²) in [4.78, 5) is 25.3. The maximum Gasteiger partial charge on any atom is 0.338 e. The molecule has 3 rings (SSSR count). The zero-order valence-electron chi connectivity index (χ0n) is 19.8. The number of carbonyl (C=O) groups excluding carboxylic acids is 2. The Balaban J connectivity index is 1.95. The first-order valence-electron chi connectivity index (χ1n) is 11.6. The Morgan fingerprint density at radius 1 is 1.03 bits per heavy atom. The molecule has 0 aromatic heterocycles. The lowest BCUT2D eigenvalue weighted by atomic mass is 9.93. The lowest BCUT2D eigenvalue weighted by molar-refractivity contribution is -0.139. The van der Waals surface area contributed by atoms with E-state index in [-0.39, 0.29) is 19.2 Å². The van der Waals surface area contributed by atoms with Gasteiger partial charge in [0, 0.05) is 16.3 Å². The minimum Gasteiger partial charge on any atom is -0.490 e. The number of carbonyl (C=O) groups is 2. The van der Waals surface area contributed by atoms with Crippen LogP contribution in [0.2, 0.25) is 5.02 Å². The molecule has 1 aliphatic heterocycles. The normalized spacial score (nSPS) is 15.4. The van der Waals surface area contributed by atoms with Crippen LogP contribution >= 0.6 is 11.6 Å². The fraction of sp³-hybridized carbons (Fsp3) is 0.385. The predicted octanol–water partition coefficient (Wildman–Crippen LogP) is 5.68. The first-order valence-corrected chi connectivity index (χ1v) is 12.0. The van der Waals surface area contributed by atoms with Crippen molar-refractivity contribution in [3.05, 3.63) is 69.9 Å². The van der Waals surface area contributed by atoms with E-state index in [1.54, 1.807) is 19.1 Å². The topological polar surface area (TPSA) is 85.9 Å². The van der Waals surface area contributed by atoms with Gasteiger partial charge in [0.05, 0.1) is 24.8 Å². The molecular weight excluding hydrogens is 456 g/mol. The summed E-state index contributed by atoms with van der Waals surface area (Å²) < 4.78 is 17.1. The molecule has 0 fully saturated rings. The number of nitrogens with one attached hydrogen (secondary N) is 2. The van der Waals surface area contributed by atoms with Crippen molar-refractivity contribution < 1.29 is 23.8 Å². The van der Waals surface area contributed by atoms with Gasteiger partial charge in [0.2, 0.25) is 0 Å². The molecule has 1 atom stereocenters. The highest BCUT2D eigenvalue weighted by Gasteiger charge is 2.34. The second-order valence-electron chi connectivity index (χ2n) is 7.77. The summed E-state index contributed by atoms with van der Waals surface area (Å²) in [5.41, 5.74) is 2.54. The molecular formula is C26H31ClN2O5. The fourth-order valence-electron chi connectivity index (χ4n) is 3.73. The molecule has 0 radical (unpaired) electrons. The standard InChI is InChI=1S/C26H31ClN2O5/c1-4-7-12-20-23(25(30)33-6-3)24(29-26(31)28-20)17-13-14-21(22(15-17)32-5-2)34-16-18-10-8-9-11-19(18)27/h8-11,13-15,24H,4-7,12,16H2,1-3H3,(H2,28,29,31). The number of benzene rings is 2. The van der Waals surface area contributed by atoms with E-state index in [1.807, 2.05) is 37.3 Å². The number of amides is 2. The van der Waals surface area contributed by atoms with Gasteiger partial charge in [0.15, 0.2) is 11.5 Å². The molecule has 34 heavy (non-hydrogen) atoms. The van der Waals surface area contributed by atoms with Crippen molar-refractivity contribution in [2.24, 2.45) is 0 Å². The maximum atomic E-state index is 12.9. The summed E-state index contributed by atoms with van der Waals surface area (Å²) in [6.07, 6.45) is 2.34. The van der Waals surface area contributed by atoms with Gasteiger partial charge < -0.3 is 24.8 Å². The summed E-state index contributed by atoms with van der Waals surface area (Å²) in [5, 5.41) is 6.28. The summed E-state index contributed by atoms with van der Waals surface area (Å²) in [5.74, 6) is 0.597. The van der Waals surface area contributed by atoms with Crippen LogP contribution in [0, 0.1) is 0 Å². The molecule has 182 valence electrons. The van der Waals surface area contributed by atoms with E-state index in [9.17, 15) is 9.59 Å². The van der Waals surface area contributed by atoms with E-state index in [1.165, 1.54) is 0 Å². The van der Waals surface area contributed by atoms with E-state index in [0.717, 1.165) is 18.4 Å². The smallest absolute Gasteiger partial charge is 0.338 e. The summed E-state index contributed by atoms with van der Waals surface area (Å²) in [6.45, 7) is 6.63. The molecule has 2 aromatic carbocycles. The predicted molar refractivity (Wildman–Crippen MR) is 131 cm³/mol. The van der Waals surface area contributed by atoms with Crippen molar-refractivity contribution in [2.75, 3.05) is 13.2 Å². The highest BCUT2D eigenvalue weighted by Crippen LogP contribution is 2.36. The largest absolute Gasteiger partial charge is 0.490 e. The van der Waals surface area contributed by atoms with Gasteiger partial charge in [-0.2, -0.15) is 0 Å². The lowest BCUT2D eigenvalue weighted by Crippen LogP contribution is -2.46. The zero-order chi connectivity index (χ0) is 24.5. The minimum atomic E-state index is -0.670. The first kappa shape index (κ1) is 25.4. The Bertz CT molecular complexity index is 1050. The number of urea groups is 1. The van der Waals surface area contributed by atoms with Gasteiger partial charge in [-0.1, -0.05) is 49.2 Å². The SMILES string of the molecule is CCCCC1=C(C(=O)OCC)C(c2ccc(OCc3ccccc3Cl)c(OCC)c2)NC(=O)N1. The number of allylic oxidation sites excluding steroid dienone is 1. The van der Waals surface area contributed by atoms with Crippen LogP contribution in [0.1, 0.15) is 57.2 Å². The molecule has 1 aliphatic rings. The van der Waals surface area contributed by atoms with Crippen LogP contribution in [0.4, 0.5) is 4.79 Å². The number of rotatable bonds is 11. The Morgan fingerprint density at radius 3 is 2.53 bits per heavy atom. The molecule has 0 saturated carbocycles. The van der Waals surface area contributed by atoms with E-state index >= 15 is 0 Å². The van der Waals surface area contributed by atoms with Crippen LogP contribution in [0.15, 0.2) is 53.7 Å². The minimum absolute atomic E-state index is 0.239. The number of esters is 1. The highest BCUT2D eigenvalue weighted by molar-refractivity contribution is 6.31. The molecule has 1 unspecified atom stereocenters. The molecule has 0 bridgehead atoms. The van der Waals surface area contributed by atoms with Gasteiger partial charge in [0.1, 0.15) is 6.61 Å². The highest BCUT2D eigenvalue weighted by atomic mass is 35.5. The van der Waals surface area contributed by atoms with Crippen LogP contribution in [0.3, 0.4) is 0 Å². The van der Waals surface area contributed by atoms with Crippen molar-refractivity contribution in [1.29, 1.82) is 0 Å². The summed E-state index contributed by atoms with van der Waals surface area (Å²) in [7, 11) is 0. The molecule has 2 amide bonds. The number of hydrogen-bond acceptors (Lipinski definition) is 5. The third kappa shape index (κ3) is 6.23. The van der Waals surface area contributed by atoms with Crippen LogP contribution in [-0.4, -0.2) is 25.2 Å². The van der Waals surface area contributed by atoms with Crippen molar-refractivity contribution in [2.45, 2.75) is 52.7 Å². The molecule has 7 nitrogen and oxygen atoms in total. The summed E-state index contributed by atoms with van der Waals surface area (Å²) >= 11 is 6.25. The molecule has 2 N–H and O–H groups in total. The van der Waals surface area contributed by atoms with Gasteiger partial charge >= 0.3 is 12.0 Å². The van der Waals surface area contributed by atoms with Crippen molar-refractivity contribution in [1.82, 2.24) is 10.6 Å². The van der Waals surface area contributed by atoms with Crippen LogP contribution in [0.25, 0.3) is 0 Å². The Hall–Kier alpha value is -3.19. The Labute approximate surface area is 205 Å². The Kier molecular flexibility index (Phi) is 9.22. The van der Waals surface area contributed by atoms with Crippen molar-refractivity contribution in [3.63, 3.8) is 0 Å². The monoisotopic (exact) mass is 486 g/mol. The number of halogens is 1.